The second-order valence-corrected chi connectivity index (χ2v) is 32.6. The summed E-state index contributed by atoms with van der Waals surface area (Å²) in [6.07, 6.45) is 51.4. The molecule has 0 aliphatic heterocycles. The van der Waals surface area contributed by atoms with Crippen LogP contribution in [0.3, 0.4) is 0 Å². The fourth-order valence-electron chi connectivity index (χ4n) is 11.7. The van der Waals surface area contributed by atoms with Crippen LogP contribution in [0.25, 0.3) is 0 Å². The Hall–Kier alpha value is -1.94. The van der Waals surface area contributed by atoms with Gasteiger partial charge in [0.2, 0.25) is 0 Å². The maximum atomic E-state index is 13.1. The van der Waals surface area contributed by atoms with E-state index in [4.69, 9.17) is 37.0 Å². The fourth-order valence-corrected chi connectivity index (χ4v) is 13.3. The van der Waals surface area contributed by atoms with Crippen molar-refractivity contribution in [3.8, 4) is 0 Å². The number of phosphoric acid groups is 2. The van der Waals surface area contributed by atoms with E-state index >= 15 is 0 Å². The minimum Gasteiger partial charge on any atom is -0.462 e. The maximum Gasteiger partial charge on any atom is 0.472 e. The molecule has 0 aliphatic rings. The van der Waals surface area contributed by atoms with Crippen LogP contribution in [-0.4, -0.2) is 96.7 Å². The summed E-state index contributed by atoms with van der Waals surface area (Å²) in [5.74, 6) is 0.929. The zero-order valence-corrected chi connectivity index (χ0v) is 64.8. The highest BCUT2D eigenvalue weighted by Gasteiger charge is 2.30. The first-order valence-electron chi connectivity index (χ1n) is 39.7. The summed E-state index contributed by atoms with van der Waals surface area (Å²) in [7, 11) is -9.92. The van der Waals surface area contributed by atoms with Gasteiger partial charge in [0.15, 0.2) is 12.2 Å². The molecule has 0 amide bonds. The highest BCUT2D eigenvalue weighted by atomic mass is 31.2. The lowest BCUT2D eigenvalue weighted by Gasteiger charge is -2.21. The molecule has 19 heteroatoms. The molecule has 17 nitrogen and oxygen atoms in total. The smallest absolute Gasteiger partial charge is 0.462 e. The lowest BCUT2D eigenvalue weighted by atomic mass is 10.0. The molecule has 0 radical (unpaired) electrons. The molecule has 0 saturated heterocycles. The Balaban J connectivity index is 5.25. The van der Waals surface area contributed by atoms with E-state index in [1.165, 1.54) is 193 Å². The van der Waals surface area contributed by atoms with Crippen LogP contribution in [-0.2, 0) is 65.4 Å². The summed E-state index contributed by atoms with van der Waals surface area (Å²) in [5, 5.41) is 10.6. The first kappa shape index (κ1) is 94.1. The number of hydrogen-bond acceptors (Lipinski definition) is 15. The van der Waals surface area contributed by atoms with E-state index < -0.39 is 97.5 Å². The van der Waals surface area contributed by atoms with E-state index in [1.54, 1.807) is 0 Å². The molecule has 3 unspecified atom stereocenters. The lowest BCUT2D eigenvalue weighted by Crippen LogP contribution is -2.30. The Kier molecular flexibility index (Phi) is 65.0. The molecule has 3 N–H and O–H groups in total. The topological polar surface area (TPSA) is 237 Å². The van der Waals surface area contributed by atoms with E-state index in [-0.39, 0.29) is 25.7 Å². The molecule has 96 heavy (non-hydrogen) atoms. The summed E-state index contributed by atoms with van der Waals surface area (Å²) in [6, 6.07) is 0. The number of unbranched alkanes of at least 4 members (excludes halogenated alkanes) is 40. The van der Waals surface area contributed by atoms with E-state index in [0.29, 0.717) is 25.7 Å². The third-order valence-corrected chi connectivity index (χ3v) is 19.7. The van der Waals surface area contributed by atoms with Gasteiger partial charge in [-0.2, -0.15) is 0 Å². The fraction of sp³-hybridized carbons (Fsp3) is 0.948. The first-order chi connectivity index (χ1) is 46.1. The molecule has 0 aromatic heterocycles. The molecular weight excluding hydrogens is 1260 g/mol. The minimum atomic E-state index is -4.96. The zero-order valence-electron chi connectivity index (χ0n) is 63.0. The Bertz CT molecular complexity index is 1880. The summed E-state index contributed by atoms with van der Waals surface area (Å²) >= 11 is 0. The molecule has 5 atom stereocenters. The van der Waals surface area contributed by atoms with E-state index in [9.17, 15) is 43.2 Å². The Morgan fingerprint density at radius 3 is 0.646 bits per heavy atom. The molecule has 0 aromatic carbocycles. The highest BCUT2D eigenvalue weighted by Crippen LogP contribution is 2.45. The van der Waals surface area contributed by atoms with Crippen LogP contribution in [0, 0.1) is 23.7 Å². The normalized spacial score (nSPS) is 14.1. The summed E-state index contributed by atoms with van der Waals surface area (Å²) in [5.41, 5.74) is 0. The minimum absolute atomic E-state index is 0.104. The van der Waals surface area contributed by atoms with Crippen molar-refractivity contribution in [1.82, 2.24) is 0 Å². The van der Waals surface area contributed by atoms with Crippen molar-refractivity contribution in [3.05, 3.63) is 0 Å². The summed E-state index contributed by atoms with van der Waals surface area (Å²) in [4.78, 5) is 72.9. The van der Waals surface area contributed by atoms with Crippen molar-refractivity contribution in [2.45, 2.75) is 408 Å². The molecule has 0 saturated carbocycles. The van der Waals surface area contributed by atoms with Gasteiger partial charge in [-0.15, -0.1) is 0 Å². The van der Waals surface area contributed by atoms with Crippen LogP contribution in [0.4, 0.5) is 0 Å². The third-order valence-electron chi connectivity index (χ3n) is 17.8. The number of ether oxygens (including phenoxy) is 4. The molecule has 0 aliphatic carbocycles. The van der Waals surface area contributed by atoms with Gasteiger partial charge in [-0.1, -0.05) is 338 Å². The number of phosphoric ester groups is 2. The van der Waals surface area contributed by atoms with Crippen molar-refractivity contribution < 1.29 is 80.2 Å². The number of esters is 4. The molecular formula is C77H150O17P2. The summed E-state index contributed by atoms with van der Waals surface area (Å²) < 4.78 is 68.6. The standard InChI is InChI=1S/C77H150O17P2/c1-67(2)53-45-37-29-21-16-12-9-10-14-18-24-33-41-49-57-74(79)87-63-72(93-76(81)59-51-43-35-25-19-15-11-13-17-22-30-38-46-54-68(3)4)65-91-95(83,84)89-61-71(78)62-90-96(85,86)92-66-73(64-88-75(80)58-50-42-34-28-27-32-40-48-56-70(7)8)94-77(82)60-52-44-36-26-20-23-31-39-47-55-69(5)6/h67-73,78H,9-66H2,1-8H3,(H,83,84)(H,85,86)/t71?,72-,73-/m1/s1. The van der Waals surface area contributed by atoms with Gasteiger partial charge in [-0.05, 0) is 49.4 Å². The average molecular weight is 1410 g/mol. The third kappa shape index (κ3) is 70.5. The zero-order chi connectivity index (χ0) is 71.0. The van der Waals surface area contributed by atoms with Crippen LogP contribution in [0.15, 0.2) is 0 Å². The number of hydrogen-bond donors (Lipinski definition) is 3. The van der Waals surface area contributed by atoms with Crippen LogP contribution in [0.5, 0.6) is 0 Å². The van der Waals surface area contributed by atoms with Gasteiger partial charge >= 0.3 is 39.5 Å². The van der Waals surface area contributed by atoms with Gasteiger partial charge in [-0.25, -0.2) is 9.13 Å². The number of carbonyl (C=O) groups is 4. The average Bonchev–Trinajstić information content (AvgIpc) is 1.66. The number of carbonyl (C=O) groups excluding carboxylic acids is 4. The second kappa shape index (κ2) is 66.3. The molecule has 0 fully saturated rings. The monoisotopic (exact) mass is 1410 g/mol. The van der Waals surface area contributed by atoms with Gasteiger partial charge in [0.05, 0.1) is 26.4 Å². The van der Waals surface area contributed by atoms with Gasteiger partial charge in [0, 0.05) is 25.7 Å². The predicted molar refractivity (Wildman–Crippen MR) is 391 cm³/mol. The molecule has 0 aromatic rings. The van der Waals surface area contributed by atoms with E-state index in [1.807, 2.05) is 0 Å². The first-order valence-corrected chi connectivity index (χ1v) is 42.7. The van der Waals surface area contributed by atoms with Crippen LogP contribution in [0.1, 0.15) is 389 Å². The SMILES string of the molecule is CC(C)CCCCCCCCCCCCCCCCC(=O)OC[C@H](COP(=O)(O)OCC(O)COP(=O)(O)OC[C@@H](COC(=O)CCCCCCCCCCC(C)C)OC(=O)CCCCCCCCCCCC(C)C)OC(=O)CCCCCCCCCCCCCCCC(C)C. The number of aliphatic hydroxyl groups is 1. The molecule has 0 spiro atoms. The Morgan fingerprint density at radius 2 is 0.438 bits per heavy atom. The Labute approximate surface area is 588 Å². The maximum absolute atomic E-state index is 13.1. The summed E-state index contributed by atoms with van der Waals surface area (Å²) in [6.45, 7) is 14.2. The quantitative estimate of drug-likeness (QED) is 0.0222. The van der Waals surface area contributed by atoms with Crippen LogP contribution < -0.4 is 0 Å². The number of aliphatic hydroxyl groups excluding tert-OH is 1. The molecule has 0 rings (SSSR count). The number of rotatable bonds is 74. The molecule has 0 heterocycles. The van der Waals surface area contributed by atoms with Crippen molar-refractivity contribution in [1.29, 1.82) is 0 Å². The van der Waals surface area contributed by atoms with Gasteiger partial charge in [0.1, 0.15) is 19.3 Å². The lowest BCUT2D eigenvalue weighted by molar-refractivity contribution is -0.161. The highest BCUT2D eigenvalue weighted by molar-refractivity contribution is 7.47. The van der Waals surface area contributed by atoms with Gasteiger partial charge < -0.3 is 33.8 Å². The van der Waals surface area contributed by atoms with Crippen molar-refractivity contribution in [2.75, 3.05) is 39.6 Å². The Morgan fingerprint density at radius 1 is 0.260 bits per heavy atom. The van der Waals surface area contributed by atoms with E-state index in [0.717, 1.165) is 114 Å². The second-order valence-electron chi connectivity index (χ2n) is 29.7. The van der Waals surface area contributed by atoms with Crippen molar-refractivity contribution in [2.24, 2.45) is 23.7 Å². The largest absolute Gasteiger partial charge is 0.472 e. The van der Waals surface area contributed by atoms with Gasteiger partial charge in [-0.3, -0.25) is 37.3 Å². The van der Waals surface area contributed by atoms with Gasteiger partial charge in [0.25, 0.3) is 0 Å². The molecule has 0 bridgehead atoms. The van der Waals surface area contributed by atoms with Crippen LogP contribution >= 0.6 is 15.6 Å². The molecule has 570 valence electrons. The van der Waals surface area contributed by atoms with E-state index in [2.05, 4.69) is 55.4 Å². The van der Waals surface area contributed by atoms with Crippen molar-refractivity contribution >= 4 is 39.5 Å². The predicted octanol–water partition coefficient (Wildman–Crippen LogP) is 22.4. The van der Waals surface area contributed by atoms with Crippen LogP contribution in [0.2, 0.25) is 0 Å². The van der Waals surface area contributed by atoms with Crippen molar-refractivity contribution in [3.63, 3.8) is 0 Å².